The van der Waals surface area contributed by atoms with Crippen molar-refractivity contribution in [2.45, 2.75) is 4.58 Å². The Hall–Kier alpha value is -1.99. The molecular formula is C17H16N2O3S2. The van der Waals surface area contributed by atoms with E-state index in [4.69, 9.17) is 0 Å². The Bertz CT molecular complexity index is 761. The Balaban J connectivity index is 1.75. The number of aromatic nitrogens is 1. The predicted molar refractivity (Wildman–Crippen MR) is 97.6 cm³/mol. The standard InChI is InChI=1S/C17H16N2O3S2/c1-22-16(21)14-7-3-6-13(19-14)15(20)18-12-5-2-4-11(10-12)17-23-8-9-24-17/h2-7,10,17H,8-9H2,1H3,(H,18,20). The summed E-state index contributed by atoms with van der Waals surface area (Å²) in [7, 11) is 1.28. The highest BCUT2D eigenvalue weighted by molar-refractivity contribution is 8.19. The van der Waals surface area contributed by atoms with Crippen LogP contribution in [-0.4, -0.2) is 35.5 Å². The number of hydrogen-bond acceptors (Lipinski definition) is 6. The van der Waals surface area contributed by atoms with Gasteiger partial charge in [0, 0.05) is 17.2 Å². The summed E-state index contributed by atoms with van der Waals surface area (Å²) < 4.78 is 5.04. The van der Waals surface area contributed by atoms with E-state index in [1.165, 1.54) is 18.7 Å². The Morgan fingerprint density at radius 2 is 1.83 bits per heavy atom. The zero-order valence-corrected chi connectivity index (χ0v) is 14.7. The molecular weight excluding hydrogens is 344 g/mol. The number of nitrogens with zero attached hydrogens (tertiary/aromatic N) is 1. The van der Waals surface area contributed by atoms with Crippen LogP contribution in [0.3, 0.4) is 0 Å². The maximum Gasteiger partial charge on any atom is 0.356 e. The molecule has 1 saturated heterocycles. The van der Waals surface area contributed by atoms with Crippen molar-refractivity contribution in [3.63, 3.8) is 0 Å². The molecule has 0 unspecified atom stereocenters. The van der Waals surface area contributed by atoms with Crippen molar-refractivity contribution in [2.75, 3.05) is 23.9 Å². The predicted octanol–water partition coefficient (Wildman–Crippen LogP) is 3.60. The Morgan fingerprint density at radius 1 is 1.12 bits per heavy atom. The molecule has 0 spiro atoms. The molecule has 2 aromatic rings. The van der Waals surface area contributed by atoms with Gasteiger partial charge in [-0.25, -0.2) is 9.78 Å². The molecule has 7 heteroatoms. The van der Waals surface area contributed by atoms with Gasteiger partial charge in [-0.3, -0.25) is 4.79 Å². The first-order chi connectivity index (χ1) is 11.7. The number of ether oxygens (including phenoxy) is 1. The van der Waals surface area contributed by atoms with Crippen molar-refractivity contribution < 1.29 is 14.3 Å². The normalized spacial score (nSPS) is 14.4. The number of carbonyl (C=O) groups is 2. The van der Waals surface area contributed by atoms with Crippen molar-refractivity contribution in [3.8, 4) is 0 Å². The third-order valence-corrected chi connectivity index (χ3v) is 6.52. The number of hydrogen-bond donors (Lipinski definition) is 1. The third kappa shape index (κ3) is 3.91. The number of methoxy groups -OCH3 is 1. The van der Waals surface area contributed by atoms with E-state index >= 15 is 0 Å². The van der Waals surface area contributed by atoms with E-state index in [-0.39, 0.29) is 17.3 Å². The molecule has 1 aliphatic rings. The van der Waals surface area contributed by atoms with Crippen LogP contribution in [0.15, 0.2) is 42.5 Å². The number of benzene rings is 1. The van der Waals surface area contributed by atoms with Crippen LogP contribution < -0.4 is 5.32 Å². The SMILES string of the molecule is COC(=O)c1cccc(C(=O)Nc2cccc(C3SCCS3)c2)n1. The van der Waals surface area contributed by atoms with Crippen molar-refractivity contribution in [1.29, 1.82) is 0 Å². The van der Waals surface area contributed by atoms with Gasteiger partial charge in [0.1, 0.15) is 11.4 Å². The number of pyridine rings is 1. The molecule has 24 heavy (non-hydrogen) atoms. The second-order valence-corrected chi connectivity index (χ2v) is 7.78. The molecule has 0 radical (unpaired) electrons. The molecule has 1 aliphatic heterocycles. The zero-order chi connectivity index (χ0) is 16.9. The molecule has 0 atom stereocenters. The van der Waals surface area contributed by atoms with Crippen LogP contribution in [0.2, 0.25) is 0 Å². The van der Waals surface area contributed by atoms with Crippen LogP contribution in [0, 0.1) is 0 Å². The highest BCUT2D eigenvalue weighted by atomic mass is 32.2. The zero-order valence-electron chi connectivity index (χ0n) is 13.0. The first-order valence-electron chi connectivity index (χ1n) is 7.37. The van der Waals surface area contributed by atoms with Crippen molar-refractivity contribution >= 4 is 41.1 Å². The maximum atomic E-state index is 12.4. The molecule has 1 aromatic heterocycles. The number of thioether (sulfide) groups is 2. The van der Waals surface area contributed by atoms with E-state index in [2.05, 4.69) is 21.1 Å². The lowest BCUT2D eigenvalue weighted by Gasteiger charge is -2.11. The number of rotatable bonds is 4. The largest absolute Gasteiger partial charge is 0.464 e. The highest BCUT2D eigenvalue weighted by Gasteiger charge is 2.19. The molecule has 1 aromatic carbocycles. The molecule has 1 amide bonds. The summed E-state index contributed by atoms with van der Waals surface area (Å²) in [5.74, 6) is 1.37. The van der Waals surface area contributed by atoms with Crippen LogP contribution >= 0.6 is 23.5 Å². The number of anilines is 1. The van der Waals surface area contributed by atoms with Crippen LogP contribution in [0.25, 0.3) is 0 Å². The van der Waals surface area contributed by atoms with E-state index in [0.29, 0.717) is 4.58 Å². The second-order valence-electron chi connectivity index (χ2n) is 5.05. The first kappa shape index (κ1) is 16.9. The van der Waals surface area contributed by atoms with E-state index in [1.807, 2.05) is 41.7 Å². The lowest BCUT2D eigenvalue weighted by molar-refractivity contribution is 0.0594. The van der Waals surface area contributed by atoms with Gasteiger partial charge in [-0.2, -0.15) is 0 Å². The number of amides is 1. The lowest BCUT2D eigenvalue weighted by atomic mass is 10.2. The average Bonchev–Trinajstić information content (AvgIpc) is 3.16. The molecule has 3 rings (SSSR count). The number of nitrogens with one attached hydrogen (secondary N) is 1. The van der Waals surface area contributed by atoms with Gasteiger partial charge in [0.25, 0.3) is 5.91 Å². The summed E-state index contributed by atoms with van der Waals surface area (Å²) in [6, 6.07) is 12.5. The minimum Gasteiger partial charge on any atom is -0.464 e. The highest BCUT2D eigenvalue weighted by Crippen LogP contribution is 2.45. The molecule has 5 nitrogen and oxygen atoms in total. The van der Waals surface area contributed by atoms with Crippen molar-refractivity contribution in [3.05, 3.63) is 59.4 Å². The smallest absolute Gasteiger partial charge is 0.356 e. The molecule has 0 saturated carbocycles. The van der Waals surface area contributed by atoms with Crippen LogP contribution in [0.4, 0.5) is 5.69 Å². The van der Waals surface area contributed by atoms with E-state index < -0.39 is 5.97 Å². The molecule has 0 bridgehead atoms. The van der Waals surface area contributed by atoms with E-state index in [9.17, 15) is 9.59 Å². The summed E-state index contributed by atoms with van der Waals surface area (Å²) >= 11 is 3.83. The van der Waals surface area contributed by atoms with Gasteiger partial charge in [0.05, 0.1) is 11.7 Å². The van der Waals surface area contributed by atoms with Crippen LogP contribution in [-0.2, 0) is 4.74 Å². The van der Waals surface area contributed by atoms with Gasteiger partial charge in [-0.05, 0) is 29.8 Å². The van der Waals surface area contributed by atoms with Crippen molar-refractivity contribution in [2.24, 2.45) is 0 Å². The summed E-state index contributed by atoms with van der Waals surface area (Å²) in [6.45, 7) is 0. The van der Waals surface area contributed by atoms with E-state index in [0.717, 1.165) is 17.2 Å². The second kappa shape index (κ2) is 7.72. The monoisotopic (exact) mass is 360 g/mol. The van der Waals surface area contributed by atoms with Gasteiger partial charge in [0.2, 0.25) is 0 Å². The number of esters is 1. The fourth-order valence-corrected chi connectivity index (χ4v) is 5.13. The van der Waals surface area contributed by atoms with Gasteiger partial charge >= 0.3 is 5.97 Å². The van der Waals surface area contributed by atoms with Crippen molar-refractivity contribution in [1.82, 2.24) is 4.98 Å². The average molecular weight is 360 g/mol. The molecule has 0 aliphatic carbocycles. The third-order valence-electron chi connectivity index (χ3n) is 3.41. The Labute approximate surface area is 148 Å². The minimum absolute atomic E-state index is 0.109. The van der Waals surface area contributed by atoms with E-state index in [1.54, 1.807) is 12.1 Å². The van der Waals surface area contributed by atoms with Gasteiger partial charge in [-0.1, -0.05) is 18.2 Å². The quantitative estimate of drug-likeness (QED) is 0.840. The van der Waals surface area contributed by atoms with Gasteiger partial charge < -0.3 is 10.1 Å². The van der Waals surface area contributed by atoms with Gasteiger partial charge in [0.15, 0.2) is 0 Å². The minimum atomic E-state index is -0.568. The van der Waals surface area contributed by atoms with Crippen LogP contribution in [0.5, 0.6) is 0 Å². The Kier molecular flexibility index (Phi) is 5.42. The van der Waals surface area contributed by atoms with Crippen LogP contribution in [0.1, 0.15) is 31.1 Å². The molecule has 124 valence electrons. The fraction of sp³-hybridized carbons (Fsp3) is 0.235. The lowest BCUT2D eigenvalue weighted by Crippen LogP contribution is -2.16. The topological polar surface area (TPSA) is 68.3 Å². The first-order valence-corrected chi connectivity index (χ1v) is 9.47. The molecule has 1 N–H and O–H groups in total. The number of carbonyl (C=O) groups excluding carboxylic acids is 2. The molecule has 1 fully saturated rings. The summed E-state index contributed by atoms with van der Waals surface area (Å²) in [4.78, 5) is 27.9. The Morgan fingerprint density at radius 3 is 2.58 bits per heavy atom. The summed E-state index contributed by atoms with van der Waals surface area (Å²) in [6.07, 6.45) is 0. The fourth-order valence-electron chi connectivity index (χ4n) is 2.29. The maximum absolute atomic E-state index is 12.4. The van der Waals surface area contributed by atoms with Gasteiger partial charge in [-0.15, -0.1) is 23.5 Å². The summed E-state index contributed by atoms with van der Waals surface area (Å²) in [5, 5.41) is 2.83. The summed E-state index contributed by atoms with van der Waals surface area (Å²) in [5.41, 5.74) is 2.19. The molecule has 2 heterocycles.